The van der Waals surface area contributed by atoms with E-state index in [1.54, 1.807) is 29.2 Å². The fraction of sp³-hybridized carbons (Fsp3) is 0.125. The van der Waals surface area contributed by atoms with Crippen LogP contribution in [0.1, 0.15) is 39.0 Å². The topological polar surface area (TPSA) is 63.4 Å². The molecular formula is C24H17BrN2O3. The zero-order valence-corrected chi connectivity index (χ0v) is 17.9. The lowest BCUT2D eigenvalue weighted by Gasteiger charge is -2.24. The normalized spacial score (nSPS) is 15.6. The molecule has 1 atom stereocenters. The highest BCUT2D eigenvalue weighted by Gasteiger charge is 2.44. The quantitative estimate of drug-likeness (QED) is 0.406. The second kappa shape index (κ2) is 6.92. The molecule has 0 spiro atoms. The van der Waals surface area contributed by atoms with E-state index in [1.165, 1.54) is 0 Å². The van der Waals surface area contributed by atoms with Crippen molar-refractivity contribution in [3.8, 4) is 0 Å². The Kier molecular flexibility index (Phi) is 4.33. The zero-order chi connectivity index (χ0) is 21.0. The number of pyridine rings is 1. The lowest BCUT2D eigenvalue weighted by molar-refractivity contribution is 0.0970. The number of hydrogen-bond acceptors (Lipinski definition) is 4. The van der Waals surface area contributed by atoms with E-state index in [0.29, 0.717) is 22.4 Å². The van der Waals surface area contributed by atoms with E-state index < -0.39 is 6.04 Å². The van der Waals surface area contributed by atoms with Crippen LogP contribution in [0, 0.1) is 13.8 Å². The maximum atomic E-state index is 13.5. The summed E-state index contributed by atoms with van der Waals surface area (Å²) in [4.78, 5) is 33.1. The molecule has 6 heteroatoms. The van der Waals surface area contributed by atoms with Crippen molar-refractivity contribution in [2.24, 2.45) is 0 Å². The van der Waals surface area contributed by atoms with Gasteiger partial charge in [0.15, 0.2) is 5.43 Å². The number of anilines is 1. The van der Waals surface area contributed by atoms with Gasteiger partial charge in [0.25, 0.3) is 5.91 Å². The highest BCUT2D eigenvalue weighted by Crippen LogP contribution is 2.40. The number of nitrogens with zero attached hydrogens (tertiary/aromatic N) is 2. The van der Waals surface area contributed by atoms with E-state index in [4.69, 9.17) is 4.42 Å². The third-order valence-electron chi connectivity index (χ3n) is 5.35. The van der Waals surface area contributed by atoms with E-state index in [1.807, 2.05) is 50.2 Å². The third-order valence-corrected chi connectivity index (χ3v) is 5.84. The molecule has 148 valence electrons. The summed E-state index contributed by atoms with van der Waals surface area (Å²) in [7, 11) is 0. The Morgan fingerprint density at radius 3 is 2.50 bits per heavy atom. The Morgan fingerprint density at radius 1 is 1.00 bits per heavy atom. The number of rotatable bonds is 2. The fourth-order valence-corrected chi connectivity index (χ4v) is 4.27. The summed E-state index contributed by atoms with van der Waals surface area (Å²) in [6.45, 7) is 3.87. The minimum Gasteiger partial charge on any atom is -0.450 e. The molecule has 30 heavy (non-hydrogen) atoms. The molecule has 0 fully saturated rings. The number of hydrogen-bond donors (Lipinski definition) is 0. The number of benzene rings is 2. The fourth-order valence-electron chi connectivity index (χ4n) is 3.91. The molecule has 2 aromatic heterocycles. The van der Waals surface area contributed by atoms with Crippen LogP contribution in [0.5, 0.6) is 0 Å². The monoisotopic (exact) mass is 460 g/mol. The largest absolute Gasteiger partial charge is 0.450 e. The Morgan fingerprint density at radius 2 is 1.77 bits per heavy atom. The van der Waals surface area contributed by atoms with Crippen molar-refractivity contribution in [1.82, 2.24) is 4.98 Å². The van der Waals surface area contributed by atoms with Gasteiger partial charge in [-0.25, -0.2) is 4.98 Å². The first-order valence-corrected chi connectivity index (χ1v) is 10.3. The summed E-state index contributed by atoms with van der Waals surface area (Å²) < 4.78 is 6.74. The number of carbonyl (C=O) groups is 1. The molecule has 0 aliphatic carbocycles. The lowest BCUT2D eigenvalue weighted by Crippen LogP contribution is -2.30. The first-order chi connectivity index (χ1) is 14.4. The Balaban J connectivity index is 1.83. The summed E-state index contributed by atoms with van der Waals surface area (Å²) in [5, 5.41) is 0.437. The van der Waals surface area contributed by atoms with Crippen molar-refractivity contribution < 1.29 is 9.21 Å². The molecule has 1 aliphatic rings. The van der Waals surface area contributed by atoms with Crippen molar-refractivity contribution in [3.05, 3.63) is 104 Å². The van der Waals surface area contributed by atoms with Crippen LogP contribution < -0.4 is 10.3 Å². The number of amides is 1. The van der Waals surface area contributed by atoms with Crippen LogP contribution >= 0.6 is 15.9 Å². The first-order valence-electron chi connectivity index (χ1n) is 9.54. The second-order valence-electron chi connectivity index (χ2n) is 7.44. The molecule has 3 heterocycles. The van der Waals surface area contributed by atoms with E-state index in [9.17, 15) is 9.59 Å². The van der Waals surface area contributed by atoms with Gasteiger partial charge in [-0.3, -0.25) is 14.5 Å². The van der Waals surface area contributed by atoms with Gasteiger partial charge < -0.3 is 4.42 Å². The summed E-state index contributed by atoms with van der Waals surface area (Å²) in [5.41, 5.74) is 3.24. The van der Waals surface area contributed by atoms with Crippen LogP contribution in [0.25, 0.3) is 11.0 Å². The Labute approximate surface area is 181 Å². The average molecular weight is 461 g/mol. The minimum atomic E-state index is -0.609. The summed E-state index contributed by atoms with van der Waals surface area (Å²) in [6.07, 6.45) is 0. The van der Waals surface area contributed by atoms with Crippen LogP contribution in [0.15, 0.2) is 74.3 Å². The summed E-state index contributed by atoms with van der Waals surface area (Å²) in [6, 6.07) is 17.9. The van der Waals surface area contributed by atoms with Crippen LogP contribution in [0.3, 0.4) is 0 Å². The second-order valence-corrected chi connectivity index (χ2v) is 8.36. The van der Waals surface area contributed by atoms with E-state index in [2.05, 4.69) is 20.9 Å². The predicted molar refractivity (Wildman–Crippen MR) is 119 cm³/mol. The molecule has 1 amide bonds. The molecule has 1 unspecified atom stereocenters. The Hall–Kier alpha value is -3.25. The van der Waals surface area contributed by atoms with Gasteiger partial charge in [0.2, 0.25) is 5.76 Å². The third kappa shape index (κ3) is 2.87. The average Bonchev–Trinajstić information content (AvgIpc) is 3.02. The maximum Gasteiger partial charge on any atom is 0.296 e. The van der Waals surface area contributed by atoms with Gasteiger partial charge in [-0.1, -0.05) is 51.8 Å². The molecule has 0 radical (unpaired) electrons. The summed E-state index contributed by atoms with van der Waals surface area (Å²) >= 11 is 3.42. The van der Waals surface area contributed by atoms with Crippen molar-refractivity contribution in [2.75, 3.05) is 4.90 Å². The molecule has 5 nitrogen and oxygen atoms in total. The smallest absolute Gasteiger partial charge is 0.296 e. The van der Waals surface area contributed by atoms with E-state index >= 15 is 0 Å². The number of halogens is 1. The molecule has 0 bridgehead atoms. The van der Waals surface area contributed by atoms with Crippen LogP contribution in [-0.4, -0.2) is 10.9 Å². The Bertz CT molecular complexity index is 1380. The van der Waals surface area contributed by atoms with Crippen LogP contribution in [0.2, 0.25) is 0 Å². The molecule has 0 N–H and O–H groups in total. The molecule has 0 saturated heterocycles. The van der Waals surface area contributed by atoms with Gasteiger partial charge in [-0.2, -0.15) is 0 Å². The lowest BCUT2D eigenvalue weighted by atomic mass is 9.97. The van der Waals surface area contributed by atoms with E-state index in [-0.39, 0.29) is 17.1 Å². The maximum absolute atomic E-state index is 13.5. The number of aryl methyl sites for hydroxylation is 2. The molecule has 0 saturated carbocycles. The van der Waals surface area contributed by atoms with Crippen molar-refractivity contribution in [2.45, 2.75) is 19.9 Å². The van der Waals surface area contributed by atoms with Gasteiger partial charge in [-0.05, 0) is 49.7 Å². The number of carbonyl (C=O) groups excluding carboxylic acids is 1. The van der Waals surface area contributed by atoms with Gasteiger partial charge in [-0.15, -0.1) is 0 Å². The SMILES string of the molecule is Cc1ccc(C2c3c(oc4ccc(Br)cc4c3=O)C(=O)N2c2cccc(C)n2)cc1. The molecule has 4 aromatic rings. The minimum absolute atomic E-state index is 0.0729. The van der Waals surface area contributed by atoms with Gasteiger partial charge in [0, 0.05) is 10.2 Å². The standard InChI is InChI=1S/C24H17BrN2O3/c1-13-6-8-15(9-7-13)21-20-22(28)17-12-16(25)10-11-18(17)30-23(20)24(29)27(21)19-5-3-4-14(2)26-19/h3-12,21H,1-2H3. The number of aromatic nitrogens is 1. The zero-order valence-electron chi connectivity index (χ0n) is 16.3. The number of fused-ring (bicyclic) bond motifs is 2. The van der Waals surface area contributed by atoms with Gasteiger partial charge in [0.05, 0.1) is 17.0 Å². The molecule has 5 rings (SSSR count). The van der Waals surface area contributed by atoms with Crippen LogP contribution in [-0.2, 0) is 0 Å². The highest BCUT2D eigenvalue weighted by atomic mass is 79.9. The molecular weight excluding hydrogens is 444 g/mol. The summed E-state index contributed by atoms with van der Waals surface area (Å²) in [5.74, 6) is 0.195. The highest BCUT2D eigenvalue weighted by molar-refractivity contribution is 9.10. The molecule has 2 aromatic carbocycles. The van der Waals surface area contributed by atoms with Crippen molar-refractivity contribution in [3.63, 3.8) is 0 Å². The van der Waals surface area contributed by atoms with Crippen molar-refractivity contribution >= 4 is 38.6 Å². The van der Waals surface area contributed by atoms with E-state index in [0.717, 1.165) is 21.3 Å². The predicted octanol–water partition coefficient (Wildman–Crippen LogP) is 5.32. The molecule has 1 aliphatic heterocycles. The van der Waals surface area contributed by atoms with Crippen molar-refractivity contribution in [1.29, 1.82) is 0 Å². The van der Waals surface area contributed by atoms with Gasteiger partial charge in [0.1, 0.15) is 11.4 Å². The van der Waals surface area contributed by atoms with Gasteiger partial charge >= 0.3 is 0 Å². The first kappa shape index (κ1) is 18.8. The van der Waals surface area contributed by atoms with Crippen LogP contribution in [0.4, 0.5) is 5.82 Å².